The Labute approximate surface area is 89.9 Å². The molecule has 0 amide bonds. The van der Waals surface area contributed by atoms with Crippen LogP contribution >= 0.6 is 0 Å². The van der Waals surface area contributed by atoms with Crippen LogP contribution in [0.3, 0.4) is 0 Å². The van der Waals surface area contributed by atoms with Crippen LogP contribution in [0.2, 0.25) is 0 Å². The molecule has 0 atom stereocenters. The molecule has 0 unspecified atom stereocenters. The molecule has 0 bridgehead atoms. The largest absolute Gasteiger partial charge is 0.317 e. The second-order valence-electron chi connectivity index (χ2n) is 4.08. The van der Waals surface area contributed by atoms with E-state index in [9.17, 15) is 0 Å². The molecule has 1 fully saturated rings. The normalized spacial score (nSPS) is 17.7. The second kappa shape index (κ2) is 4.03. The van der Waals surface area contributed by atoms with Crippen molar-refractivity contribution in [2.75, 3.05) is 13.1 Å². The van der Waals surface area contributed by atoms with Crippen molar-refractivity contribution in [3.05, 3.63) is 17.0 Å². The molecule has 2 heterocycles. The van der Waals surface area contributed by atoms with Crippen LogP contribution in [0.5, 0.6) is 0 Å². The van der Waals surface area contributed by atoms with E-state index in [1.807, 2.05) is 18.5 Å². The molecule has 0 aromatic carbocycles. The molecule has 1 aromatic rings. The molecule has 1 saturated heterocycles. The molecule has 0 aliphatic carbocycles. The number of nitriles is 1. The molecule has 15 heavy (non-hydrogen) atoms. The first-order chi connectivity index (χ1) is 7.24. The molecule has 4 heteroatoms. The monoisotopic (exact) mass is 204 g/mol. The van der Waals surface area contributed by atoms with Crippen molar-refractivity contribution in [1.82, 2.24) is 15.1 Å². The SMILES string of the molecule is Cc1nn(C2CCNCC2)c(C)c1C#N. The average Bonchev–Trinajstić information content (AvgIpc) is 2.55. The predicted molar refractivity (Wildman–Crippen MR) is 57.6 cm³/mol. The van der Waals surface area contributed by atoms with Crippen molar-refractivity contribution in [1.29, 1.82) is 5.26 Å². The summed E-state index contributed by atoms with van der Waals surface area (Å²) in [5.41, 5.74) is 2.61. The molecule has 0 saturated carbocycles. The summed E-state index contributed by atoms with van der Waals surface area (Å²) in [6.07, 6.45) is 2.21. The summed E-state index contributed by atoms with van der Waals surface area (Å²) >= 11 is 0. The Balaban J connectivity index is 2.32. The van der Waals surface area contributed by atoms with Gasteiger partial charge in [0, 0.05) is 0 Å². The Morgan fingerprint density at radius 1 is 1.40 bits per heavy atom. The van der Waals surface area contributed by atoms with E-state index in [2.05, 4.69) is 16.5 Å². The van der Waals surface area contributed by atoms with Crippen LogP contribution in [-0.2, 0) is 0 Å². The Morgan fingerprint density at radius 2 is 2.07 bits per heavy atom. The van der Waals surface area contributed by atoms with Crippen LogP contribution in [0.25, 0.3) is 0 Å². The van der Waals surface area contributed by atoms with Crippen molar-refractivity contribution >= 4 is 0 Å². The molecular formula is C11H16N4. The number of hydrogen-bond donors (Lipinski definition) is 1. The first kappa shape index (κ1) is 10.2. The molecule has 80 valence electrons. The zero-order valence-electron chi connectivity index (χ0n) is 9.25. The van der Waals surface area contributed by atoms with Gasteiger partial charge in [-0.1, -0.05) is 0 Å². The van der Waals surface area contributed by atoms with Gasteiger partial charge in [0.25, 0.3) is 0 Å². The van der Waals surface area contributed by atoms with E-state index in [1.54, 1.807) is 0 Å². The summed E-state index contributed by atoms with van der Waals surface area (Å²) in [5.74, 6) is 0. The summed E-state index contributed by atoms with van der Waals surface area (Å²) in [7, 11) is 0. The molecule has 1 N–H and O–H groups in total. The van der Waals surface area contributed by atoms with Gasteiger partial charge in [-0.15, -0.1) is 0 Å². The highest BCUT2D eigenvalue weighted by molar-refractivity contribution is 5.36. The highest BCUT2D eigenvalue weighted by Crippen LogP contribution is 2.22. The maximum atomic E-state index is 9.00. The highest BCUT2D eigenvalue weighted by Gasteiger charge is 2.20. The standard InChI is InChI=1S/C11H16N4/c1-8-11(7-12)9(2)15(14-8)10-3-5-13-6-4-10/h10,13H,3-6H2,1-2H3. The molecule has 1 aliphatic heterocycles. The third kappa shape index (κ3) is 1.75. The molecule has 0 radical (unpaired) electrons. The van der Waals surface area contributed by atoms with Crippen LogP contribution in [0.4, 0.5) is 0 Å². The lowest BCUT2D eigenvalue weighted by atomic mass is 10.1. The van der Waals surface area contributed by atoms with E-state index in [0.29, 0.717) is 6.04 Å². The van der Waals surface area contributed by atoms with Gasteiger partial charge in [-0.3, -0.25) is 4.68 Å². The van der Waals surface area contributed by atoms with Gasteiger partial charge < -0.3 is 5.32 Å². The number of piperidine rings is 1. The van der Waals surface area contributed by atoms with Crippen molar-refractivity contribution in [2.45, 2.75) is 32.7 Å². The smallest absolute Gasteiger partial charge is 0.103 e. The maximum Gasteiger partial charge on any atom is 0.103 e. The second-order valence-corrected chi connectivity index (χ2v) is 4.08. The lowest BCUT2D eigenvalue weighted by Crippen LogP contribution is -2.30. The first-order valence-corrected chi connectivity index (χ1v) is 5.40. The fraction of sp³-hybridized carbons (Fsp3) is 0.636. The number of nitrogens with one attached hydrogen (secondary N) is 1. The van der Waals surface area contributed by atoms with Gasteiger partial charge in [0.2, 0.25) is 0 Å². The van der Waals surface area contributed by atoms with Crippen molar-refractivity contribution in [3.8, 4) is 6.07 Å². The molecular weight excluding hydrogens is 188 g/mol. The lowest BCUT2D eigenvalue weighted by Gasteiger charge is -2.24. The molecule has 2 rings (SSSR count). The van der Waals surface area contributed by atoms with Crippen LogP contribution in [0.1, 0.15) is 35.8 Å². The van der Waals surface area contributed by atoms with Gasteiger partial charge in [-0.25, -0.2) is 0 Å². The van der Waals surface area contributed by atoms with Crippen molar-refractivity contribution < 1.29 is 0 Å². The number of hydrogen-bond acceptors (Lipinski definition) is 3. The van der Waals surface area contributed by atoms with Crippen LogP contribution in [0, 0.1) is 25.2 Å². The summed E-state index contributed by atoms with van der Waals surface area (Å²) in [6.45, 7) is 5.99. The molecule has 1 aliphatic rings. The van der Waals surface area contributed by atoms with Crippen molar-refractivity contribution in [3.63, 3.8) is 0 Å². The van der Waals surface area contributed by atoms with Crippen molar-refractivity contribution in [2.24, 2.45) is 0 Å². The fourth-order valence-electron chi connectivity index (χ4n) is 2.23. The summed E-state index contributed by atoms with van der Waals surface area (Å²) in [6, 6.07) is 2.69. The first-order valence-electron chi connectivity index (χ1n) is 5.40. The summed E-state index contributed by atoms with van der Waals surface area (Å²) < 4.78 is 2.04. The van der Waals surface area contributed by atoms with Crippen LogP contribution in [-0.4, -0.2) is 22.9 Å². The fourth-order valence-corrected chi connectivity index (χ4v) is 2.23. The Kier molecular flexibility index (Phi) is 2.74. The Hall–Kier alpha value is -1.34. The Morgan fingerprint density at radius 3 is 2.60 bits per heavy atom. The minimum atomic E-state index is 0.465. The quantitative estimate of drug-likeness (QED) is 0.750. The molecule has 4 nitrogen and oxygen atoms in total. The van der Waals surface area contributed by atoms with Crippen LogP contribution < -0.4 is 5.32 Å². The van der Waals surface area contributed by atoms with Gasteiger partial charge in [-0.05, 0) is 39.8 Å². The minimum Gasteiger partial charge on any atom is -0.317 e. The third-order valence-electron chi connectivity index (χ3n) is 3.09. The third-order valence-corrected chi connectivity index (χ3v) is 3.09. The zero-order chi connectivity index (χ0) is 10.8. The summed E-state index contributed by atoms with van der Waals surface area (Å²) in [5, 5.41) is 16.8. The van der Waals surface area contributed by atoms with E-state index >= 15 is 0 Å². The number of aryl methyl sites for hydroxylation is 1. The maximum absolute atomic E-state index is 9.00. The lowest BCUT2D eigenvalue weighted by molar-refractivity contribution is 0.337. The van der Waals surface area contributed by atoms with E-state index in [4.69, 9.17) is 5.26 Å². The summed E-state index contributed by atoms with van der Waals surface area (Å²) in [4.78, 5) is 0. The number of rotatable bonds is 1. The molecule has 1 aromatic heterocycles. The molecule has 0 spiro atoms. The topological polar surface area (TPSA) is 53.6 Å². The Bertz CT molecular complexity index is 393. The number of nitrogens with zero attached hydrogens (tertiary/aromatic N) is 3. The van der Waals surface area contributed by atoms with E-state index < -0.39 is 0 Å². The highest BCUT2D eigenvalue weighted by atomic mass is 15.3. The zero-order valence-corrected chi connectivity index (χ0v) is 9.25. The van der Waals surface area contributed by atoms with Gasteiger partial charge in [-0.2, -0.15) is 10.4 Å². The van der Waals surface area contributed by atoms with Gasteiger partial charge in [0.05, 0.1) is 23.0 Å². The number of aromatic nitrogens is 2. The van der Waals surface area contributed by atoms with E-state index in [-0.39, 0.29) is 0 Å². The average molecular weight is 204 g/mol. The van der Waals surface area contributed by atoms with E-state index in [1.165, 1.54) is 0 Å². The predicted octanol–water partition coefficient (Wildman–Crippen LogP) is 1.30. The van der Waals surface area contributed by atoms with Gasteiger partial charge >= 0.3 is 0 Å². The van der Waals surface area contributed by atoms with Crippen LogP contribution in [0.15, 0.2) is 0 Å². The van der Waals surface area contributed by atoms with Gasteiger partial charge in [0.15, 0.2) is 0 Å². The van der Waals surface area contributed by atoms with Gasteiger partial charge in [0.1, 0.15) is 6.07 Å². The van der Waals surface area contributed by atoms with E-state index in [0.717, 1.165) is 42.9 Å². The minimum absolute atomic E-state index is 0.465.